The van der Waals surface area contributed by atoms with Crippen LogP contribution in [0.4, 0.5) is 4.39 Å². The summed E-state index contributed by atoms with van der Waals surface area (Å²) in [5, 5.41) is 8.91. The van der Waals surface area contributed by atoms with E-state index in [0.717, 1.165) is 0 Å². The third-order valence-electron chi connectivity index (χ3n) is 2.65. The van der Waals surface area contributed by atoms with Crippen LogP contribution in [0, 0.1) is 17.1 Å². The molecule has 2 aromatic rings. The van der Waals surface area contributed by atoms with Crippen molar-refractivity contribution in [2.45, 2.75) is 11.4 Å². The first-order valence-corrected chi connectivity index (χ1v) is 7.24. The van der Waals surface area contributed by atoms with Gasteiger partial charge in [0.15, 0.2) is 0 Å². The fraction of sp³-hybridized carbons (Fsp3) is 0.0714. The van der Waals surface area contributed by atoms with Gasteiger partial charge in [0.05, 0.1) is 10.5 Å². The largest absolute Gasteiger partial charge is 0.242 e. The number of nitriles is 1. The predicted molar refractivity (Wildman–Crippen MR) is 71.6 cm³/mol. The number of nitrogens with one attached hydrogen (secondary N) is 1. The van der Waals surface area contributed by atoms with E-state index < -0.39 is 15.8 Å². The van der Waals surface area contributed by atoms with E-state index in [1.54, 1.807) is 12.1 Å². The second kappa shape index (κ2) is 5.82. The molecule has 0 aromatic heterocycles. The summed E-state index contributed by atoms with van der Waals surface area (Å²) < 4.78 is 39.6. The normalized spacial score (nSPS) is 11.0. The first-order chi connectivity index (χ1) is 9.53. The van der Waals surface area contributed by atoms with E-state index in [2.05, 4.69) is 4.72 Å². The molecule has 0 spiro atoms. The van der Waals surface area contributed by atoms with Gasteiger partial charge in [0.2, 0.25) is 10.0 Å². The van der Waals surface area contributed by atoms with Crippen LogP contribution in [-0.2, 0) is 16.6 Å². The average molecular weight is 290 g/mol. The molecule has 0 fully saturated rings. The lowest BCUT2D eigenvalue weighted by Crippen LogP contribution is -2.24. The highest BCUT2D eigenvalue weighted by Gasteiger charge is 2.17. The van der Waals surface area contributed by atoms with Crippen molar-refractivity contribution in [3.63, 3.8) is 0 Å². The highest BCUT2D eigenvalue weighted by Crippen LogP contribution is 2.14. The van der Waals surface area contributed by atoms with Gasteiger partial charge in [-0.2, -0.15) is 5.26 Å². The number of halogens is 1. The van der Waals surface area contributed by atoms with Gasteiger partial charge < -0.3 is 0 Å². The molecule has 20 heavy (non-hydrogen) atoms. The van der Waals surface area contributed by atoms with Crippen LogP contribution in [0.15, 0.2) is 53.4 Å². The summed E-state index contributed by atoms with van der Waals surface area (Å²) in [6, 6.07) is 13.4. The SMILES string of the molecule is N#Cc1ccccc1S(=O)(=O)NCc1cccc(F)c1. The average Bonchev–Trinajstić information content (AvgIpc) is 2.45. The van der Waals surface area contributed by atoms with Crippen LogP contribution in [0.3, 0.4) is 0 Å². The van der Waals surface area contributed by atoms with Crippen LogP contribution < -0.4 is 4.72 Å². The second-order valence-corrected chi connectivity index (χ2v) is 5.80. The molecule has 0 aliphatic carbocycles. The van der Waals surface area contributed by atoms with E-state index in [1.807, 2.05) is 6.07 Å². The van der Waals surface area contributed by atoms with Crippen molar-refractivity contribution in [1.82, 2.24) is 4.72 Å². The summed E-state index contributed by atoms with van der Waals surface area (Å²) >= 11 is 0. The maximum atomic E-state index is 13.0. The van der Waals surface area contributed by atoms with Crippen LogP contribution in [0.1, 0.15) is 11.1 Å². The quantitative estimate of drug-likeness (QED) is 0.938. The summed E-state index contributed by atoms with van der Waals surface area (Å²) in [5.74, 6) is -0.431. The number of nitrogens with zero attached hydrogens (tertiary/aromatic N) is 1. The molecule has 0 amide bonds. The highest BCUT2D eigenvalue weighted by atomic mass is 32.2. The lowest BCUT2D eigenvalue weighted by atomic mass is 10.2. The van der Waals surface area contributed by atoms with E-state index in [0.29, 0.717) is 5.56 Å². The second-order valence-electron chi connectivity index (χ2n) is 4.06. The first kappa shape index (κ1) is 14.2. The summed E-state index contributed by atoms with van der Waals surface area (Å²) in [5.41, 5.74) is 0.572. The molecule has 2 rings (SSSR count). The Bertz CT molecular complexity index is 767. The summed E-state index contributed by atoms with van der Waals surface area (Å²) in [6.45, 7) is -0.0418. The summed E-state index contributed by atoms with van der Waals surface area (Å²) in [4.78, 5) is -0.0843. The van der Waals surface area contributed by atoms with Crippen molar-refractivity contribution in [2.75, 3.05) is 0 Å². The van der Waals surface area contributed by atoms with Crippen LogP contribution in [0.2, 0.25) is 0 Å². The minimum Gasteiger partial charge on any atom is -0.207 e. The molecule has 0 bridgehead atoms. The third-order valence-corrected chi connectivity index (χ3v) is 4.11. The molecule has 0 heterocycles. The third kappa shape index (κ3) is 3.20. The molecule has 102 valence electrons. The number of hydrogen-bond acceptors (Lipinski definition) is 3. The number of hydrogen-bond donors (Lipinski definition) is 1. The van der Waals surface area contributed by atoms with Crippen molar-refractivity contribution in [3.8, 4) is 6.07 Å². The lowest BCUT2D eigenvalue weighted by Gasteiger charge is -2.08. The van der Waals surface area contributed by atoms with Gasteiger partial charge in [0.1, 0.15) is 11.9 Å². The van der Waals surface area contributed by atoms with Gasteiger partial charge in [0, 0.05) is 6.54 Å². The van der Waals surface area contributed by atoms with Crippen LogP contribution in [-0.4, -0.2) is 8.42 Å². The Morgan fingerprint density at radius 2 is 1.90 bits per heavy atom. The number of sulfonamides is 1. The van der Waals surface area contributed by atoms with Gasteiger partial charge in [0.25, 0.3) is 0 Å². The monoisotopic (exact) mass is 290 g/mol. The minimum absolute atomic E-state index is 0.0418. The van der Waals surface area contributed by atoms with Crippen molar-refractivity contribution < 1.29 is 12.8 Å². The van der Waals surface area contributed by atoms with E-state index >= 15 is 0 Å². The molecular formula is C14H11FN2O2S. The minimum atomic E-state index is -3.81. The Kier molecular flexibility index (Phi) is 4.13. The van der Waals surface area contributed by atoms with Crippen LogP contribution in [0.25, 0.3) is 0 Å². The topological polar surface area (TPSA) is 70.0 Å². The summed E-state index contributed by atoms with van der Waals surface area (Å²) in [7, 11) is -3.81. The summed E-state index contributed by atoms with van der Waals surface area (Å²) in [6.07, 6.45) is 0. The maximum Gasteiger partial charge on any atom is 0.242 e. The first-order valence-electron chi connectivity index (χ1n) is 5.76. The van der Waals surface area contributed by atoms with Gasteiger partial charge in [-0.1, -0.05) is 24.3 Å². The zero-order valence-electron chi connectivity index (χ0n) is 10.4. The molecule has 0 atom stereocenters. The van der Waals surface area contributed by atoms with Crippen molar-refractivity contribution in [3.05, 3.63) is 65.5 Å². The van der Waals surface area contributed by atoms with E-state index in [1.165, 1.54) is 36.4 Å². The van der Waals surface area contributed by atoms with Gasteiger partial charge >= 0.3 is 0 Å². The molecule has 4 nitrogen and oxygen atoms in total. The van der Waals surface area contributed by atoms with Gasteiger partial charge in [-0.25, -0.2) is 17.5 Å². The molecule has 1 N–H and O–H groups in total. The zero-order valence-corrected chi connectivity index (χ0v) is 11.2. The Labute approximate surface area is 116 Å². The van der Waals surface area contributed by atoms with Crippen molar-refractivity contribution in [2.24, 2.45) is 0 Å². The van der Waals surface area contributed by atoms with E-state index in [-0.39, 0.29) is 17.0 Å². The van der Waals surface area contributed by atoms with Gasteiger partial charge in [-0.05, 0) is 29.8 Å². The number of benzene rings is 2. The molecule has 0 saturated carbocycles. The maximum absolute atomic E-state index is 13.0. The van der Waals surface area contributed by atoms with Crippen molar-refractivity contribution >= 4 is 10.0 Å². The van der Waals surface area contributed by atoms with E-state index in [9.17, 15) is 12.8 Å². The zero-order chi connectivity index (χ0) is 14.6. The van der Waals surface area contributed by atoms with Gasteiger partial charge in [-0.15, -0.1) is 0 Å². The highest BCUT2D eigenvalue weighted by molar-refractivity contribution is 7.89. The Hall–Kier alpha value is -2.23. The Balaban J connectivity index is 2.22. The number of rotatable bonds is 4. The smallest absolute Gasteiger partial charge is 0.207 e. The molecule has 0 radical (unpaired) electrons. The molecule has 6 heteroatoms. The predicted octanol–water partition coefficient (Wildman–Crippen LogP) is 2.18. The van der Waals surface area contributed by atoms with E-state index in [4.69, 9.17) is 5.26 Å². The molecular weight excluding hydrogens is 279 g/mol. The standard InChI is InChI=1S/C14H11FN2O2S/c15-13-6-3-4-11(8-13)10-17-20(18,19)14-7-2-1-5-12(14)9-16/h1-8,17H,10H2. The Morgan fingerprint density at radius 1 is 1.15 bits per heavy atom. The van der Waals surface area contributed by atoms with Crippen LogP contribution in [0.5, 0.6) is 0 Å². The fourth-order valence-electron chi connectivity index (χ4n) is 1.70. The molecule has 2 aromatic carbocycles. The van der Waals surface area contributed by atoms with Gasteiger partial charge in [-0.3, -0.25) is 0 Å². The fourth-order valence-corrected chi connectivity index (χ4v) is 2.87. The molecule has 0 aliphatic heterocycles. The lowest BCUT2D eigenvalue weighted by molar-refractivity contribution is 0.580. The molecule has 0 saturated heterocycles. The molecule has 0 aliphatic rings. The molecule has 0 unspecified atom stereocenters. The Morgan fingerprint density at radius 3 is 2.60 bits per heavy atom. The van der Waals surface area contributed by atoms with Crippen LogP contribution >= 0.6 is 0 Å². The van der Waals surface area contributed by atoms with Crippen molar-refractivity contribution in [1.29, 1.82) is 5.26 Å².